The summed E-state index contributed by atoms with van der Waals surface area (Å²) in [7, 11) is 3.93. The van der Waals surface area contributed by atoms with Gasteiger partial charge in [-0.05, 0) is 26.1 Å². The van der Waals surface area contributed by atoms with E-state index >= 15 is 0 Å². The summed E-state index contributed by atoms with van der Waals surface area (Å²) >= 11 is 3.51. The molecular weight excluding hydrogens is 278 g/mol. The highest BCUT2D eigenvalue weighted by Crippen LogP contribution is 2.29. The van der Waals surface area contributed by atoms with Gasteiger partial charge >= 0.3 is 0 Å². The van der Waals surface area contributed by atoms with Gasteiger partial charge in [-0.1, -0.05) is 28.1 Å². The first kappa shape index (κ1) is 12.3. The summed E-state index contributed by atoms with van der Waals surface area (Å²) in [4.78, 5) is 0. The molecule has 1 heterocycles. The maximum atomic E-state index is 4.35. The Morgan fingerprint density at radius 2 is 2.18 bits per heavy atom. The van der Waals surface area contributed by atoms with E-state index in [0.29, 0.717) is 0 Å². The summed E-state index contributed by atoms with van der Waals surface area (Å²) in [5.74, 6) is 0. The van der Waals surface area contributed by atoms with Gasteiger partial charge in [0.2, 0.25) is 0 Å². The van der Waals surface area contributed by atoms with Gasteiger partial charge in [0, 0.05) is 28.7 Å². The molecule has 0 saturated heterocycles. The van der Waals surface area contributed by atoms with Gasteiger partial charge in [-0.2, -0.15) is 5.10 Å². The number of nitrogens with one attached hydrogen (secondary N) is 1. The Labute approximate surface area is 110 Å². The van der Waals surface area contributed by atoms with Crippen LogP contribution in [0.25, 0.3) is 11.3 Å². The second kappa shape index (κ2) is 5.02. The van der Waals surface area contributed by atoms with Crippen LogP contribution in [0.15, 0.2) is 34.9 Å². The minimum atomic E-state index is 0.290. The van der Waals surface area contributed by atoms with Crippen LogP contribution in [0.5, 0.6) is 0 Å². The Morgan fingerprint density at radius 3 is 2.82 bits per heavy atom. The standard InChI is InChI=1S/C13H16BrN3/c1-9(15-2)12-8-16-17(3)13(12)10-5-4-6-11(14)7-10/h4-9,15H,1-3H3. The number of nitrogens with zero attached hydrogens (tertiary/aromatic N) is 2. The Kier molecular flexibility index (Phi) is 3.64. The molecule has 0 fully saturated rings. The molecule has 1 aromatic carbocycles. The van der Waals surface area contributed by atoms with E-state index in [9.17, 15) is 0 Å². The lowest BCUT2D eigenvalue weighted by Crippen LogP contribution is -2.13. The van der Waals surface area contributed by atoms with Gasteiger partial charge in [-0.15, -0.1) is 0 Å². The summed E-state index contributed by atoms with van der Waals surface area (Å²) in [5, 5.41) is 7.61. The third-order valence-electron chi connectivity index (χ3n) is 2.96. The van der Waals surface area contributed by atoms with Crippen molar-refractivity contribution in [3.05, 3.63) is 40.5 Å². The van der Waals surface area contributed by atoms with E-state index < -0.39 is 0 Å². The SMILES string of the molecule is CNC(C)c1cnn(C)c1-c1cccc(Br)c1. The van der Waals surface area contributed by atoms with Gasteiger partial charge in [-0.3, -0.25) is 4.68 Å². The Hall–Kier alpha value is -1.13. The highest BCUT2D eigenvalue weighted by molar-refractivity contribution is 9.10. The zero-order valence-electron chi connectivity index (χ0n) is 10.2. The Balaban J connectivity index is 2.54. The number of benzene rings is 1. The van der Waals surface area contributed by atoms with Gasteiger partial charge < -0.3 is 5.32 Å². The number of aromatic nitrogens is 2. The van der Waals surface area contributed by atoms with E-state index in [1.165, 1.54) is 11.1 Å². The van der Waals surface area contributed by atoms with Crippen molar-refractivity contribution in [1.29, 1.82) is 0 Å². The van der Waals surface area contributed by atoms with Gasteiger partial charge in [0.15, 0.2) is 0 Å². The molecule has 0 spiro atoms. The van der Waals surface area contributed by atoms with Crippen LogP contribution in [0.1, 0.15) is 18.5 Å². The first-order valence-corrected chi connectivity index (χ1v) is 6.38. The first-order chi connectivity index (χ1) is 8.13. The summed E-state index contributed by atoms with van der Waals surface area (Å²) < 4.78 is 3.00. The molecule has 1 N–H and O–H groups in total. The lowest BCUT2D eigenvalue weighted by atomic mass is 10.0. The predicted octanol–water partition coefficient (Wildman–Crippen LogP) is 3.13. The average Bonchev–Trinajstić information content (AvgIpc) is 2.70. The molecule has 0 bridgehead atoms. The molecular formula is C13H16BrN3. The quantitative estimate of drug-likeness (QED) is 0.942. The number of aryl methyl sites for hydroxylation is 1. The van der Waals surface area contributed by atoms with Crippen molar-refractivity contribution in [1.82, 2.24) is 15.1 Å². The van der Waals surface area contributed by atoms with Crippen molar-refractivity contribution in [3.8, 4) is 11.3 Å². The van der Waals surface area contributed by atoms with Gasteiger partial charge in [0.05, 0.1) is 11.9 Å². The smallest absolute Gasteiger partial charge is 0.0727 e. The number of hydrogen-bond donors (Lipinski definition) is 1. The molecule has 0 saturated carbocycles. The van der Waals surface area contributed by atoms with Crippen LogP contribution in [0.4, 0.5) is 0 Å². The molecule has 4 heteroatoms. The number of halogens is 1. The minimum Gasteiger partial charge on any atom is -0.313 e. The van der Waals surface area contributed by atoms with Crippen molar-refractivity contribution in [2.45, 2.75) is 13.0 Å². The topological polar surface area (TPSA) is 29.9 Å². The molecule has 17 heavy (non-hydrogen) atoms. The molecule has 2 rings (SSSR count). The fraction of sp³-hybridized carbons (Fsp3) is 0.308. The van der Waals surface area contributed by atoms with Crippen molar-refractivity contribution in [2.75, 3.05) is 7.05 Å². The van der Waals surface area contributed by atoms with Crippen molar-refractivity contribution >= 4 is 15.9 Å². The molecule has 2 aromatic rings. The fourth-order valence-corrected chi connectivity index (χ4v) is 2.32. The van der Waals surface area contributed by atoms with Crippen molar-refractivity contribution < 1.29 is 0 Å². The predicted molar refractivity (Wildman–Crippen MR) is 73.8 cm³/mol. The molecule has 0 aliphatic rings. The van der Waals surface area contributed by atoms with Crippen molar-refractivity contribution in [2.24, 2.45) is 7.05 Å². The van der Waals surface area contributed by atoms with Crippen LogP contribution in [-0.2, 0) is 7.05 Å². The second-order valence-corrected chi connectivity index (χ2v) is 5.01. The summed E-state index contributed by atoms with van der Waals surface area (Å²) in [6.07, 6.45) is 1.93. The van der Waals surface area contributed by atoms with Crippen LogP contribution < -0.4 is 5.32 Å². The van der Waals surface area contributed by atoms with E-state index in [-0.39, 0.29) is 6.04 Å². The van der Waals surface area contributed by atoms with Crippen molar-refractivity contribution in [3.63, 3.8) is 0 Å². The zero-order valence-corrected chi connectivity index (χ0v) is 11.8. The second-order valence-electron chi connectivity index (χ2n) is 4.09. The summed E-state index contributed by atoms with van der Waals surface area (Å²) in [6.45, 7) is 2.14. The average molecular weight is 294 g/mol. The summed E-state index contributed by atoms with van der Waals surface area (Å²) in [6, 6.07) is 8.58. The first-order valence-electron chi connectivity index (χ1n) is 5.58. The van der Waals surface area contributed by atoms with E-state index in [1.807, 2.05) is 37.1 Å². The lowest BCUT2D eigenvalue weighted by Gasteiger charge is -2.12. The Bertz CT molecular complexity index is 519. The minimum absolute atomic E-state index is 0.290. The van der Waals surface area contributed by atoms with E-state index in [4.69, 9.17) is 0 Å². The molecule has 90 valence electrons. The van der Waals surface area contributed by atoms with Gasteiger partial charge in [0.25, 0.3) is 0 Å². The maximum absolute atomic E-state index is 4.35. The molecule has 0 aliphatic carbocycles. The monoisotopic (exact) mass is 293 g/mol. The van der Waals surface area contributed by atoms with Crippen LogP contribution in [0.2, 0.25) is 0 Å². The molecule has 0 aliphatic heterocycles. The third kappa shape index (κ3) is 2.42. The van der Waals surface area contributed by atoms with Gasteiger partial charge in [-0.25, -0.2) is 0 Å². The van der Waals surface area contributed by atoms with Crippen LogP contribution >= 0.6 is 15.9 Å². The Morgan fingerprint density at radius 1 is 1.41 bits per heavy atom. The molecule has 1 atom stereocenters. The van der Waals surface area contributed by atoms with Crippen LogP contribution in [0, 0.1) is 0 Å². The maximum Gasteiger partial charge on any atom is 0.0727 e. The van der Waals surface area contributed by atoms with E-state index in [0.717, 1.165) is 10.2 Å². The molecule has 0 amide bonds. The summed E-state index contributed by atoms with van der Waals surface area (Å²) in [5.41, 5.74) is 3.55. The largest absolute Gasteiger partial charge is 0.313 e. The number of hydrogen-bond acceptors (Lipinski definition) is 2. The molecule has 0 radical (unpaired) electrons. The van der Waals surface area contributed by atoms with Crippen LogP contribution in [0.3, 0.4) is 0 Å². The third-order valence-corrected chi connectivity index (χ3v) is 3.46. The van der Waals surface area contributed by atoms with Crippen LogP contribution in [-0.4, -0.2) is 16.8 Å². The zero-order chi connectivity index (χ0) is 12.4. The number of rotatable bonds is 3. The molecule has 1 unspecified atom stereocenters. The molecule has 3 nitrogen and oxygen atoms in total. The fourth-order valence-electron chi connectivity index (χ4n) is 1.92. The van der Waals surface area contributed by atoms with Gasteiger partial charge in [0.1, 0.15) is 0 Å². The highest BCUT2D eigenvalue weighted by Gasteiger charge is 2.15. The molecule has 1 aromatic heterocycles. The highest BCUT2D eigenvalue weighted by atomic mass is 79.9. The van der Waals surface area contributed by atoms with E-state index in [2.05, 4.69) is 45.4 Å². The lowest BCUT2D eigenvalue weighted by molar-refractivity contribution is 0.653. The van der Waals surface area contributed by atoms with E-state index in [1.54, 1.807) is 0 Å². The normalized spacial score (nSPS) is 12.7.